The van der Waals surface area contributed by atoms with Gasteiger partial charge in [-0.1, -0.05) is 6.07 Å². The minimum absolute atomic E-state index is 0.198. The Morgan fingerprint density at radius 2 is 2.30 bits per heavy atom. The first-order valence-corrected chi connectivity index (χ1v) is 9.19. The van der Waals surface area contributed by atoms with Crippen LogP contribution in [0.2, 0.25) is 0 Å². The third-order valence-corrected chi connectivity index (χ3v) is 5.69. The van der Waals surface area contributed by atoms with Gasteiger partial charge in [-0.25, -0.2) is 4.98 Å². The Bertz CT molecular complexity index is 690. The largest absolute Gasteiger partial charge is 0.350 e. The molecule has 6 heteroatoms. The summed E-state index contributed by atoms with van der Waals surface area (Å²) in [5, 5.41) is 5.18. The van der Waals surface area contributed by atoms with E-state index in [2.05, 4.69) is 44.2 Å². The predicted molar refractivity (Wildman–Crippen MR) is 89.9 cm³/mol. The van der Waals surface area contributed by atoms with Crippen molar-refractivity contribution in [3.63, 3.8) is 0 Å². The summed E-state index contributed by atoms with van der Waals surface area (Å²) in [6, 6.07) is 4.60. The molecule has 0 radical (unpaired) electrons. The SMILES string of the molecule is CC1c2ncc(CNC(=O)C3CC3)n2CCN1Cc1cccs1. The molecule has 0 aromatic carbocycles. The van der Waals surface area contributed by atoms with Gasteiger partial charge in [0.25, 0.3) is 0 Å². The lowest BCUT2D eigenvalue weighted by Crippen LogP contribution is -2.37. The number of carbonyl (C=O) groups is 1. The Kier molecular flexibility index (Phi) is 3.95. The smallest absolute Gasteiger partial charge is 0.223 e. The van der Waals surface area contributed by atoms with Crippen molar-refractivity contribution in [2.75, 3.05) is 6.54 Å². The van der Waals surface area contributed by atoms with E-state index in [1.165, 1.54) is 4.88 Å². The van der Waals surface area contributed by atoms with Crippen molar-refractivity contribution in [2.24, 2.45) is 5.92 Å². The van der Waals surface area contributed by atoms with Gasteiger partial charge in [-0.15, -0.1) is 11.3 Å². The highest BCUT2D eigenvalue weighted by molar-refractivity contribution is 7.09. The van der Waals surface area contributed by atoms with Crippen molar-refractivity contribution in [1.29, 1.82) is 0 Å². The molecule has 1 N–H and O–H groups in total. The lowest BCUT2D eigenvalue weighted by Gasteiger charge is -2.34. The van der Waals surface area contributed by atoms with Crippen LogP contribution in [-0.2, 0) is 24.4 Å². The van der Waals surface area contributed by atoms with E-state index in [0.29, 0.717) is 12.6 Å². The molecule has 2 aromatic rings. The molecule has 1 aliphatic carbocycles. The molecule has 2 aliphatic rings. The van der Waals surface area contributed by atoms with Gasteiger partial charge in [0, 0.05) is 30.4 Å². The quantitative estimate of drug-likeness (QED) is 0.916. The monoisotopic (exact) mass is 330 g/mol. The number of carbonyl (C=O) groups excluding carboxylic acids is 1. The van der Waals surface area contributed by atoms with Crippen LogP contribution in [-0.4, -0.2) is 26.9 Å². The van der Waals surface area contributed by atoms with E-state index in [-0.39, 0.29) is 11.8 Å². The number of rotatable bonds is 5. The van der Waals surface area contributed by atoms with E-state index in [4.69, 9.17) is 0 Å². The van der Waals surface area contributed by atoms with E-state index in [9.17, 15) is 4.79 Å². The third kappa shape index (κ3) is 3.05. The van der Waals surface area contributed by atoms with Crippen LogP contribution in [0.3, 0.4) is 0 Å². The average Bonchev–Trinajstić information content (AvgIpc) is 3.13. The molecule has 0 bridgehead atoms. The number of imidazole rings is 1. The molecule has 1 unspecified atom stereocenters. The fraction of sp³-hybridized carbons (Fsp3) is 0.529. The molecule has 0 spiro atoms. The normalized spacial score (nSPS) is 21.2. The predicted octanol–water partition coefficient (Wildman–Crippen LogP) is 2.55. The van der Waals surface area contributed by atoms with Gasteiger partial charge in [0.2, 0.25) is 5.91 Å². The highest BCUT2D eigenvalue weighted by atomic mass is 32.1. The van der Waals surface area contributed by atoms with Crippen LogP contribution in [0, 0.1) is 5.92 Å². The van der Waals surface area contributed by atoms with E-state index in [1.54, 1.807) is 0 Å². The molecule has 1 fully saturated rings. The molecular weight excluding hydrogens is 308 g/mol. The van der Waals surface area contributed by atoms with Crippen molar-refractivity contribution < 1.29 is 4.79 Å². The van der Waals surface area contributed by atoms with Crippen molar-refractivity contribution >= 4 is 17.2 Å². The molecule has 2 aromatic heterocycles. The summed E-state index contributed by atoms with van der Waals surface area (Å²) < 4.78 is 2.28. The Balaban J connectivity index is 1.43. The van der Waals surface area contributed by atoms with Crippen LogP contribution in [0.25, 0.3) is 0 Å². The highest BCUT2D eigenvalue weighted by Crippen LogP contribution is 2.30. The van der Waals surface area contributed by atoms with E-state index in [1.807, 2.05) is 17.5 Å². The molecule has 1 saturated carbocycles. The zero-order valence-electron chi connectivity index (χ0n) is 13.4. The molecule has 1 aliphatic heterocycles. The first kappa shape index (κ1) is 14.9. The van der Waals surface area contributed by atoms with Crippen LogP contribution < -0.4 is 5.32 Å². The van der Waals surface area contributed by atoms with Crippen LogP contribution in [0.5, 0.6) is 0 Å². The number of fused-ring (bicyclic) bond motifs is 1. The zero-order chi connectivity index (χ0) is 15.8. The first-order valence-electron chi connectivity index (χ1n) is 8.31. The average molecular weight is 330 g/mol. The van der Waals surface area contributed by atoms with Gasteiger partial charge < -0.3 is 9.88 Å². The van der Waals surface area contributed by atoms with Gasteiger partial charge in [-0.2, -0.15) is 0 Å². The first-order chi connectivity index (χ1) is 11.2. The summed E-state index contributed by atoms with van der Waals surface area (Å²) in [6.45, 7) is 5.77. The van der Waals surface area contributed by atoms with Crippen molar-refractivity contribution in [3.05, 3.63) is 40.1 Å². The number of thiophene rings is 1. The number of amides is 1. The maximum atomic E-state index is 11.8. The molecule has 4 rings (SSSR count). The summed E-state index contributed by atoms with van der Waals surface area (Å²) in [6.07, 6.45) is 4.02. The van der Waals surface area contributed by atoms with Crippen LogP contribution in [0.4, 0.5) is 0 Å². The second-order valence-corrected chi connectivity index (χ2v) is 7.51. The lowest BCUT2D eigenvalue weighted by atomic mass is 10.2. The van der Waals surface area contributed by atoms with E-state index >= 15 is 0 Å². The molecule has 1 atom stereocenters. The fourth-order valence-corrected chi connectivity index (χ4v) is 3.96. The molecule has 23 heavy (non-hydrogen) atoms. The minimum atomic E-state index is 0.198. The van der Waals surface area contributed by atoms with Gasteiger partial charge in [0.15, 0.2) is 0 Å². The fourth-order valence-electron chi connectivity index (χ4n) is 3.23. The second kappa shape index (κ2) is 6.09. The lowest BCUT2D eigenvalue weighted by molar-refractivity contribution is -0.122. The molecule has 3 heterocycles. The summed E-state index contributed by atoms with van der Waals surface area (Å²) in [5.41, 5.74) is 1.12. The van der Waals surface area contributed by atoms with E-state index in [0.717, 1.165) is 44.0 Å². The van der Waals surface area contributed by atoms with Gasteiger partial charge in [-0.05, 0) is 31.2 Å². The Morgan fingerprint density at radius 1 is 1.43 bits per heavy atom. The summed E-state index contributed by atoms with van der Waals surface area (Å²) in [7, 11) is 0. The third-order valence-electron chi connectivity index (χ3n) is 4.83. The summed E-state index contributed by atoms with van der Waals surface area (Å²) in [4.78, 5) is 20.3. The Morgan fingerprint density at radius 3 is 3.04 bits per heavy atom. The molecule has 122 valence electrons. The summed E-state index contributed by atoms with van der Waals surface area (Å²) in [5.74, 6) is 1.58. The molecule has 0 saturated heterocycles. The summed E-state index contributed by atoms with van der Waals surface area (Å²) >= 11 is 1.81. The van der Waals surface area contributed by atoms with Gasteiger partial charge >= 0.3 is 0 Å². The number of hydrogen-bond donors (Lipinski definition) is 1. The van der Waals surface area contributed by atoms with Crippen LogP contribution >= 0.6 is 11.3 Å². The Hall–Kier alpha value is -1.66. The second-order valence-electron chi connectivity index (χ2n) is 6.48. The molecular formula is C17H22N4OS. The zero-order valence-corrected chi connectivity index (χ0v) is 14.2. The molecule has 1 amide bonds. The number of nitrogens with zero attached hydrogens (tertiary/aromatic N) is 3. The van der Waals surface area contributed by atoms with Crippen LogP contribution in [0.1, 0.15) is 42.2 Å². The van der Waals surface area contributed by atoms with Crippen molar-refractivity contribution in [3.8, 4) is 0 Å². The maximum Gasteiger partial charge on any atom is 0.223 e. The van der Waals surface area contributed by atoms with E-state index < -0.39 is 0 Å². The number of hydrogen-bond acceptors (Lipinski definition) is 4. The van der Waals surface area contributed by atoms with Crippen LogP contribution in [0.15, 0.2) is 23.7 Å². The molecule has 5 nitrogen and oxygen atoms in total. The van der Waals surface area contributed by atoms with Gasteiger partial charge in [0.05, 0.1) is 24.5 Å². The highest BCUT2D eigenvalue weighted by Gasteiger charge is 2.30. The number of nitrogens with one attached hydrogen (secondary N) is 1. The maximum absolute atomic E-state index is 11.8. The minimum Gasteiger partial charge on any atom is -0.350 e. The van der Waals surface area contributed by atoms with Crippen molar-refractivity contribution in [1.82, 2.24) is 19.8 Å². The topological polar surface area (TPSA) is 50.2 Å². The standard InChI is InChI=1S/C17H22N4OS/c1-12-16-18-9-14(10-19-17(22)13-4-5-13)21(16)7-6-20(12)11-15-3-2-8-23-15/h2-3,8-9,12-13H,4-7,10-11H2,1H3,(H,19,22). The van der Waals surface area contributed by atoms with Crippen molar-refractivity contribution in [2.45, 2.75) is 45.4 Å². The van der Waals surface area contributed by atoms with Gasteiger partial charge in [0.1, 0.15) is 5.82 Å². The number of aromatic nitrogens is 2. The van der Waals surface area contributed by atoms with Gasteiger partial charge in [-0.3, -0.25) is 9.69 Å². The Labute approximate surface area is 140 Å².